The first-order chi connectivity index (χ1) is 15.9. The van der Waals surface area contributed by atoms with E-state index in [0.29, 0.717) is 38.1 Å². The van der Waals surface area contributed by atoms with Crippen LogP contribution in [0.2, 0.25) is 0 Å². The Bertz CT molecular complexity index is 1320. The zero-order valence-corrected chi connectivity index (χ0v) is 19.0. The third-order valence-electron chi connectivity index (χ3n) is 6.49. The Hall–Kier alpha value is -2.91. The second-order valence-electron chi connectivity index (χ2n) is 8.71. The van der Waals surface area contributed by atoms with Crippen LogP contribution in [-0.4, -0.2) is 62.9 Å². The van der Waals surface area contributed by atoms with Gasteiger partial charge in [0.1, 0.15) is 11.3 Å². The number of imide groups is 1. The van der Waals surface area contributed by atoms with Crippen LogP contribution >= 0.6 is 0 Å². The highest BCUT2D eigenvalue weighted by molar-refractivity contribution is 7.91. The van der Waals surface area contributed by atoms with Gasteiger partial charge in [0, 0.05) is 37.0 Å². The number of hydrogen-bond acceptors (Lipinski definition) is 7. The number of amides is 2. The molecule has 0 saturated carbocycles. The zero-order chi connectivity index (χ0) is 23.0. The molecule has 1 unspecified atom stereocenters. The average molecular weight is 471 g/mol. The molecule has 2 aromatic carbocycles. The summed E-state index contributed by atoms with van der Waals surface area (Å²) in [5, 5.41) is 5.28. The summed E-state index contributed by atoms with van der Waals surface area (Å²) in [5.74, 6) is 0.312. The van der Waals surface area contributed by atoms with E-state index in [2.05, 4.69) is 10.2 Å². The number of sulfone groups is 1. The van der Waals surface area contributed by atoms with E-state index in [-0.39, 0.29) is 23.3 Å². The fraction of sp³-hybridized carbons (Fsp3) is 0.417. The second kappa shape index (κ2) is 8.79. The third kappa shape index (κ3) is 4.60. The van der Waals surface area contributed by atoms with Crippen molar-refractivity contribution < 1.29 is 27.2 Å². The van der Waals surface area contributed by atoms with Crippen LogP contribution in [0.1, 0.15) is 30.7 Å². The number of benzene rings is 2. The lowest BCUT2D eigenvalue weighted by atomic mass is 9.89. The van der Waals surface area contributed by atoms with Gasteiger partial charge in [-0.3, -0.25) is 14.9 Å². The van der Waals surface area contributed by atoms with Gasteiger partial charge >= 0.3 is 0 Å². The Kier molecular flexibility index (Phi) is 5.84. The lowest BCUT2D eigenvalue weighted by molar-refractivity contribution is -0.134. The van der Waals surface area contributed by atoms with Crippen molar-refractivity contribution in [2.24, 2.45) is 0 Å². The monoisotopic (exact) mass is 470 g/mol. The molecule has 0 bridgehead atoms. The molecule has 174 valence electrons. The van der Waals surface area contributed by atoms with Gasteiger partial charge in [0.25, 0.3) is 0 Å². The van der Waals surface area contributed by atoms with Gasteiger partial charge in [-0.15, -0.1) is 0 Å². The molecule has 2 amide bonds. The highest BCUT2D eigenvalue weighted by Crippen LogP contribution is 2.37. The van der Waals surface area contributed by atoms with Crippen molar-refractivity contribution in [2.75, 3.05) is 37.7 Å². The number of piperidine rings is 1. The second-order valence-corrected chi connectivity index (χ2v) is 11.0. The van der Waals surface area contributed by atoms with E-state index in [0.717, 1.165) is 40.4 Å². The molecule has 0 radical (unpaired) electrons. The van der Waals surface area contributed by atoms with Gasteiger partial charge in [-0.2, -0.15) is 0 Å². The van der Waals surface area contributed by atoms with Gasteiger partial charge in [0.2, 0.25) is 11.8 Å². The van der Waals surface area contributed by atoms with Crippen LogP contribution in [0.15, 0.2) is 41.0 Å². The summed E-state index contributed by atoms with van der Waals surface area (Å²) in [5.41, 5.74) is 1.51. The van der Waals surface area contributed by atoms with E-state index in [1.165, 1.54) is 0 Å². The number of nitrogens with one attached hydrogen (secondary N) is 1. The number of ether oxygens (including phenoxy) is 1. The molecular weight excluding hydrogens is 444 g/mol. The Morgan fingerprint density at radius 2 is 1.94 bits per heavy atom. The largest absolute Gasteiger partial charge is 0.494 e. The summed E-state index contributed by atoms with van der Waals surface area (Å²) >= 11 is 0. The van der Waals surface area contributed by atoms with Crippen molar-refractivity contribution >= 4 is 43.4 Å². The maximum atomic E-state index is 12.4. The standard InChI is InChI=1S/C24H26N2O6S/c27-22-7-5-19(24(28)25-22)20-15-32-21-6-2-16-14-17(3-4-18(16)23(20)21)31-11-1-8-26-9-12-33(29,30)13-10-26/h2-4,6,14-15,19H,1,5,7-13H2,(H,25,27,28). The van der Waals surface area contributed by atoms with E-state index >= 15 is 0 Å². The van der Waals surface area contributed by atoms with Crippen LogP contribution in [0, 0.1) is 0 Å². The minimum absolute atomic E-state index is 0.235. The smallest absolute Gasteiger partial charge is 0.234 e. The van der Waals surface area contributed by atoms with Crippen molar-refractivity contribution in [3.8, 4) is 5.75 Å². The van der Waals surface area contributed by atoms with E-state index in [9.17, 15) is 18.0 Å². The Labute approximate surface area is 191 Å². The summed E-state index contributed by atoms with van der Waals surface area (Å²) in [6.45, 7) is 2.54. The summed E-state index contributed by atoms with van der Waals surface area (Å²) in [6, 6.07) is 9.73. The highest BCUT2D eigenvalue weighted by Gasteiger charge is 2.31. The molecule has 2 saturated heterocycles. The zero-order valence-electron chi connectivity index (χ0n) is 18.2. The summed E-state index contributed by atoms with van der Waals surface area (Å²) < 4.78 is 34.7. The molecular formula is C24H26N2O6S. The third-order valence-corrected chi connectivity index (χ3v) is 8.10. The number of carbonyl (C=O) groups excluding carboxylic acids is 2. The quantitative estimate of drug-likeness (QED) is 0.436. The number of furan rings is 1. The SMILES string of the molecule is O=C1CCC(c2coc3ccc4cc(OCCCN5CCS(=O)(=O)CC5)ccc4c23)C(=O)N1. The molecule has 8 nitrogen and oxygen atoms in total. The van der Waals surface area contributed by atoms with Crippen molar-refractivity contribution in [1.29, 1.82) is 0 Å². The van der Waals surface area contributed by atoms with Crippen molar-refractivity contribution in [1.82, 2.24) is 10.2 Å². The van der Waals surface area contributed by atoms with Gasteiger partial charge in [0.15, 0.2) is 9.84 Å². The van der Waals surface area contributed by atoms with Crippen LogP contribution < -0.4 is 10.1 Å². The van der Waals surface area contributed by atoms with Gasteiger partial charge in [-0.25, -0.2) is 8.42 Å². The van der Waals surface area contributed by atoms with Crippen molar-refractivity contribution in [2.45, 2.75) is 25.2 Å². The molecule has 2 aliphatic heterocycles. The van der Waals surface area contributed by atoms with Crippen LogP contribution in [0.25, 0.3) is 21.7 Å². The molecule has 0 spiro atoms. The lowest BCUT2D eigenvalue weighted by Crippen LogP contribution is -2.40. The normalized spacial score (nSPS) is 21.4. The first-order valence-electron chi connectivity index (χ1n) is 11.2. The Morgan fingerprint density at radius 3 is 2.73 bits per heavy atom. The fourth-order valence-corrected chi connectivity index (χ4v) is 5.94. The van der Waals surface area contributed by atoms with Crippen molar-refractivity contribution in [3.05, 3.63) is 42.2 Å². The van der Waals surface area contributed by atoms with Crippen LogP contribution in [0.5, 0.6) is 5.75 Å². The van der Waals surface area contributed by atoms with Crippen LogP contribution in [0.4, 0.5) is 0 Å². The van der Waals surface area contributed by atoms with Gasteiger partial charge < -0.3 is 14.1 Å². The van der Waals surface area contributed by atoms with Gasteiger partial charge in [-0.1, -0.05) is 6.07 Å². The molecule has 3 aromatic rings. The van der Waals surface area contributed by atoms with E-state index in [1.807, 2.05) is 30.3 Å². The lowest BCUT2D eigenvalue weighted by Gasteiger charge is -2.26. The van der Waals surface area contributed by atoms with Crippen LogP contribution in [-0.2, 0) is 19.4 Å². The minimum Gasteiger partial charge on any atom is -0.494 e. The maximum absolute atomic E-state index is 12.4. The summed E-state index contributed by atoms with van der Waals surface area (Å²) in [6.07, 6.45) is 3.23. The van der Waals surface area contributed by atoms with Gasteiger partial charge in [-0.05, 0) is 47.9 Å². The summed E-state index contributed by atoms with van der Waals surface area (Å²) in [4.78, 5) is 26.1. The fourth-order valence-electron chi connectivity index (χ4n) is 4.66. The maximum Gasteiger partial charge on any atom is 0.234 e. The number of carbonyl (C=O) groups is 2. The minimum atomic E-state index is -2.85. The summed E-state index contributed by atoms with van der Waals surface area (Å²) in [7, 11) is -2.85. The average Bonchev–Trinajstić information content (AvgIpc) is 3.22. The highest BCUT2D eigenvalue weighted by atomic mass is 32.2. The van der Waals surface area contributed by atoms with Crippen molar-refractivity contribution in [3.63, 3.8) is 0 Å². The molecule has 3 heterocycles. The molecule has 1 atom stereocenters. The molecule has 33 heavy (non-hydrogen) atoms. The molecule has 2 aliphatic rings. The predicted molar refractivity (Wildman–Crippen MR) is 124 cm³/mol. The van der Waals surface area contributed by atoms with Crippen LogP contribution in [0.3, 0.4) is 0 Å². The van der Waals surface area contributed by atoms with E-state index in [4.69, 9.17) is 9.15 Å². The number of hydrogen-bond donors (Lipinski definition) is 1. The number of rotatable bonds is 6. The molecule has 9 heteroatoms. The predicted octanol–water partition coefficient (Wildman–Crippen LogP) is 2.61. The molecule has 1 N–H and O–H groups in total. The number of nitrogens with zero attached hydrogens (tertiary/aromatic N) is 1. The number of fused-ring (bicyclic) bond motifs is 3. The molecule has 1 aromatic heterocycles. The molecule has 2 fully saturated rings. The Morgan fingerprint density at radius 1 is 1.12 bits per heavy atom. The molecule has 5 rings (SSSR count). The van der Waals surface area contributed by atoms with Gasteiger partial charge in [0.05, 0.1) is 30.3 Å². The van der Waals surface area contributed by atoms with E-state index < -0.39 is 15.8 Å². The first-order valence-corrected chi connectivity index (χ1v) is 13.0. The van der Waals surface area contributed by atoms with E-state index in [1.54, 1.807) is 6.26 Å². The first kappa shape index (κ1) is 21.9. The Balaban J connectivity index is 1.28. The molecule has 0 aliphatic carbocycles. The topological polar surface area (TPSA) is 106 Å².